The number of nitrogens with one attached hydrogen (secondary N) is 1. The van der Waals surface area contributed by atoms with Crippen molar-refractivity contribution in [3.8, 4) is 0 Å². The van der Waals surface area contributed by atoms with E-state index in [9.17, 15) is 0 Å². The highest BCUT2D eigenvalue weighted by Crippen LogP contribution is 2.40. The Morgan fingerprint density at radius 3 is 2.20 bits per heavy atom. The second-order valence-electron chi connectivity index (χ2n) is 5.34. The lowest BCUT2D eigenvalue weighted by Gasteiger charge is -2.46. The number of likely N-dealkylation sites (N-methyl/N-ethyl adjacent to an activating group) is 2. The Hall–Kier alpha value is -0.280. The third-order valence-corrected chi connectivity index (χ3v) is 5.19. The van der Waals surface area contributed by atoms with Crippen molar-refractivity contribution >= 4 is 23.2 Å². The van der Waals surface area contributed by atoms with Gasteiger partial charge in [0.05, 0.1) is 16.1 Å². The van der Waals surface area contributed by atoms with Crippen molar-refractivity contribution in [3.05, 3.63) is 33.8 Å². The first-order valence-corrected chi connectivity index (χ1v) is 8.04. The van der Waals surface area contributed by atoms with Crippen molar-refractivity contribution in [1.82, 2.24) is 10.2 Å². The first-order valence-electron chi connectivity index (χ1n) is 7.29. The highest BCUT2D eigenvalue weighted by atomic mass is 35.5. The van der Waals surface area contributed by atoms with E-state index in [4.69, 9.17) is 23.2 Å². The second kappa shape index (κ2) is 7.65. The van der Waals surface area contributed by atoms with Crippen molar-refractivity contribution in [1.29, 1.82) is 0 Å². The standard InChI is InChI=1S/C16H26Cl2N2/c1-6-16(7-2,20(4)5)15(19-8-3)12-10-9-11-13(17)14(12)18/h9-11,15,19H,6-8H2,1-5H3. The normalized spacial score (nSPS) is 13.8. The lowest BCUT2D eigenvalue weighted by molar-refractivity contribution is 0.0889. The van der Waals surface area contributed by atoms with Crippen LogP contribution < -0.4 is 5.32 Å². The number of hydrogen-bond donors (Lipinski definition) is 1. The van der Waals surface area contributed by atoms with E-state index >= 15 is 0 Å². The maximum atomic E-state index is 6.46. The Labute approximate surface area is 133 Å². The van der Waals surface area contributed by atoms with E-state index in [2.05, 4.69) is 51.1 Å². The van der Waals surface area contributed by atoms with Gasteiger partial charge in [0.25, 0.3) is 0 Å². The number of rotatable bonds is 7. The van der Waals surface area contributed by atoms with Crippen LogP contribution in [0.25, 0.3) is 0 Å². The summed E-state index contributed by atoms with van der Waals surface area (Å²) in [6, 6.07) is 6.04. The molecular formula is C16H26Cl2N2. The van der Waals surface area contributed by atoms with Crippen molar-refractivity contribution in [2.75, 3.05) is 20.6 Å². The zero-order valence-electron chi connectivity index (χ0n) is 13.1. The highest BCUT2D eigenvalue weighted by Gasteiger charge is 2.39. The maximum Gasteiger partial charge on any atom is 0.0640 e. The Bertz CT molecular complexity index is 428. The lowest BCUT2D eigenvalue weighted by Crippen LogP contribution is -2.53. The second-order valence-corrected chi connectivity index (χ2v) is 6.12. The molecule has 1 aromatic carbocycles. The van der Waals surface area contributed by atoms with Crippen molar-refractivity contribution < 1.29 is 0 Å². The molecule has 1 unspecified atom stereocenters. The summed E-state index contributed by atoms with van der Waals surface area (Å²) in [5.74, 6) is 0. The summed E-state index contributed by atoms with van der Waals surface area (Å²) in [5, 5.41) is 4.88. The van der Waals surface area contributed by atoms with Gasteiger partial charge < -0.3 is 10.2 Å². The molecule has 2 nitrogen and oxygen atoms in total. The summed E-state index contributed by atoms with van der Waals surface area (Å²) in [5.41, 5.74) is 1.10. The molecule has 0 fully saturated rings. The Morgan fingerprint density at radius 1 is 1.15 bits per heavy atom. The van der Waals surface area contributed by atoms with Gasteiger partial charge in [0.15, 0.2) is 0 Å². The number of nitrogens with zero attached hydrogens (tertiary/aromatic N) is 1. The molecule has 0 aliphatic carbocycles. The van der Waals surface area contributed by atoms with Crippen molar-refractivity contribution in [2.24, 2.45) is 0 Å². The van der Waals surface area contributed by atoms with Gasteiger partial charge >= 0.3 is 0 Å². The van der Waals surface area contributed by atoms with Gasteiger partial charge in [-0.15, -0.1) is 0 Å². The van der Waals surface area contributed by atoms with E-state index in [1.165, 1.54) is 0 Å². The molecule has 0 bridgehead atoms. The van der Waals surface area contributed by atoms with Crippen molar-refractivity contribution in [3.63, 3.8) is 0 Å². The lowest BCUT2D eigenvalue weighted by atomic mass is 9.79. The molecule has 1 atom stereocenters. The minimum absolute atomic E-state index is 0.0182. The van der Waals surface area contributed by atoms with Gasteiger partial charge in [-0.05, 0) is 45.1 Å². The van der Waals surface area contributed by atoms with Crippen LogP contribution in [0.2, 0.25) is 10.0 Å². The third kappa shape index (κ3) is 3.30. The number of benzene rings is 1. The van der Waals surface area contributed by atoms with E-state index in [0.29, 0.717) is 10.0 Å². The molecule has 0 saturated heterocycles. The topological polar surface area (TPSA) is 15.3 Å². The molecule has 0 amide bonds. The molecule has 0 saturated carbocycles. The summed E-state index contributed by atoms with van der Waals surface area (Å²) in [7, 11) is 4.27. The van der Waals surface area contributed by atoms with Crippen LogP contribution in [0.4, 0.5) is 0 Å². The molecule has 0 aliphatic rings. The van der Waals surface area contributed by atoms with Crippen LogP contribution >= 0.6 is 23.2 Å². The Morgan fingerprint density at radius 2 is 1.75 bits per heavy atom. The summed E-state index contributed by atoms with van der Waals surface area (Å²) in [4.78, 5) is 2.30. The maximum absolute atomic E-state index is 6.46. The summed E-state index contributed by atoms with van der Waals surface area (Å²) in [6.45, 7) is 7.47. The molecule has 20 heavy (non-hydrogen) atoms. The molecule has 4 heteroatoms. The van der Waals surface area contributed by atoms with E-state index in [-0.39, 0.29) is 11.6 Å². The van der Waals surface area contributed by atoms with Crippen LogP contribution in [0.5, 0.6) is 0 Å². The molecule has 114 valence electrons. The predicted molar refractivity (Wildman–Crippen MR) is 89.9 cm³/mol. The third-order valence-electron chi connectivity index (χ3n) is 4.35. The van der Waals surface area contributed by atoms with Crippen LogP contribution in [0.3, 0.4) is 0 Å². The predicted octanol–water partition coefficient (Wildman–Crippen LogP) is 4.76. The van der Waals surface area contributed by atoms with E-state index in [1.807, 2.05) is 12.1 Å². The molecule has 1 N–H and O–H groups in total. The molecule has 1 aromatic rings. The van der Waals surface area contributed by atoms with Gasteiger partial charge in [0.1, 0.15) is 0 Å². The van der Waals surface area contributed by atoms with Gasteiger partial charge in [-0.25, -0.2) is 0 Å². The monoisotopic (exact) mass is 316 g/mol. The molecule has 0 radical (unpaired) electrons. The molecule has 0 aromatic heterocycles. The largest absolute Gasteiger partial charge is 0.309 e. The van der Waals surface area contributed by atoms with Crippen molar-refractivity contribution in [2.45, 2.75) is 45.2 Å². The fraction of sp³-hybridized carbons (Fsp3) is 0.625. The van der Waals surface area contributed by atoms with E-state index in [1.54, 1.807) is 0 Å². The summed E-state index contributed by atoms with van der Waals surface area (Å²) in [6.07, 6.45) is 2.08. The van der Waals surface area contributed by atoms with Crippen LogP contribution in [0.15, 0.2) is 18.2 Å². The number of hydrogen-bond acceptors (Lipinski definition) is 2. The molecule has 0 aliphatic heterocycles. The van der Waals surface area contributed by atoms with Gasteiger partial charge in [0.2, 0.25) is 0 Å². The molecule has 0 spiro atoms. The first kappa shape index (κ1) is 17.8. The number of halogens is 2. The van der Waals surface area contributed by atoms with Gasteiger partial charge in [0, 0.05) is 5.54 Å². The summed E-state index contributed by atoms with van der Waals surface area (Å²) >= 11 is 12.7. The smallest absolute Gasteiger partial charge is 0.0640 e. The summed E-state index contributed by atoms with van der Waals surface area (Å²) < 4.78 is 0. The van der Waals surface area contributed by atoms with Crippen LogP contribution in [0, 0.1) is 0 Å². The average Bonchev–Trinajstić information content (AvgIpc) is 2.42. The van der Waals surface area contributed by atoms with E-state index < -0.39 is 0 Å². The minimum atomic E-state index is 0.0182. The zero-order chi connectivity index (χ0) is 15.3. The SMILES string of the molecule is CCNC(c1cccc(Cl)c1Cl)C(CC)(CC)N(C)C. The fourth-order valence-electron chi connectivity index (χ4n) is 3.09. The van der Waals surface area contributed by atoms with Crippen LogP contribution in [-0.4, -0.2) is 31.1 Å². The Kier molecular flexibility index (Phi) is 6.80. The average molecular weight is 317 g/mol. The molecule has 0 heterocycles. The quantitative estimate of drug-likeness (QED) is 0.779. The fourth-order valence-corrected chi connectivity index (χ4v) is 3.50. The molecule has 1 rings (SSSR count). The zero-order valence-corrected chi connectivity index (χ0v) is 14.6. The minimum Gasteiger partial charge on any atom is -0.309 e. The van der Waals surface area contributed by atoms with Gasteiger partial charge in [-0.2, -0.15) is 0 Å². The van der Waals surface area contributed by atoms with Gasteiger partial charge in [-0.3, -0.25) is 0 Å². The first-order chi connectivity index (χ1) is 9.44. The van der Waals surface area contributed by atoms with Gasteiger partial charge in [-0.1, -0.05) is 56.1 Å². The highest BCUT2D eigenvalue weighted by molar-refractivity contribution is 6.42. The van der Waals surface area contributed by atoms with E-state index in [0.717, 1.165) is 24.9 Å². The Balaban J connectivity index is 3.38. The molecular weight excluding hydrogens is 291 g/mol. The van der Waals surface area contributed by atoms with Crippen LogP contribution in [-0.2, 0) is 0 Å². The van der Waals surface area contributed by atoms with Crippen LogP contribution in [0.1, 0.15) is 45.2 Å².